The molecule has 0 fully saturated rings. The minimum absolute atomic E-state index is 0.283. The molecule has 2 nitrogen and oxygen atoms in total. The maximum absolute atomic E-state index is 10.6. The first-order chi connectivity index (χ1) is 6.52. The number of rotatable bonds is 3. The van der Waals surface area contributed by atoms with Crippen LogP contribution in [0.1, 0.15) is 34.6 Å². The molecular weight excluding hydrogens is 244 g/mol. The Balaban J connectivity index is 2.88. The molecule has 0 saturated heterocycles. The summed E-state index contributed by atoms with van der Waals surface area (Å²) in [6.45, 7) is 4.23. The average Bonchev–Trinajstić information content (AvgIpc) is 2.16. The van der Waals surface area contributed by atoms with E-state index in [-0.39, 0.29) is 4.83 Å². The van der Waals surface area contributed by atoms with Crippen LogP contribution in [0.15, 0.2) is 24.3 Å². The third-order valence-electron chi connectivity index (χ3n) is 2.06. The Morgan fingerprint density at radius 2 is 1.79 bits per heavy atom. The Hall–Kier alpha value is -0.830. The van der Waals surface area contributed by atoms with Crippen LogP contribution in [0.3, 0.4) is 0 Å². The second-order valence-corrected chi connectivity index (χ2v) is 4.56. The predicted molar refractivity (Wildman–Crippen MR) is 59.9 cm³/mol. The first-order valence-electron chi connectivity index (χ1n) is 4.49. The maximum atomic E-state index is 10.6. The Morgan fingerprint density at radius 1 is 1.29 bits per heavy atom. The molecule has 0 bridgehead atoms. The third-order valence-corrected chi connectivity index (χ3v) is 3.65. The first-order valence-corrected chi connectivity index (χ1v) is 5.41. The van der Waals surface area contributed by atoms with Gasteiger partial charge in [0, 0.05) is 4.83 Å². The summed E-state index contributed by atoms with van der Waals surface area (Å²) in [5.41, 5.74) is 1.45. The lowest BCUT2D eigenvalue weighted by atomic mass is 10.0. The van der Waals surface area contributed by atoms with Gasteiger partial charge in [-0.25, -0.2) is 4.79 Å². The van der Waals surface area contributed by atoms with Gasteiger partial charge < -0.3 is 5.11 Å². The molecule has 1 aromatic carbocycles. The fourth-order valence-corrected chi connectivity index (χ4v) is 1.50. The second-order valence-electron chi connectivity index (χ2n) is 3.57. The van der Waals surface area contributed by atoms with Gasteiger partial charge in [-0.15, -0.1) is 0 Å². The minimum atomic E-state index is -0.882. The Morgan fingerprint density at radius 3 is 2.14 bits per heavy atom. The summed E-state index contributed by atoms with van der Waals surface area (Å²) in [7, 11) is 0. The van der Waals surface area contributed by atoms with Crippen LogP contribution in [0.25, 0.3) is 0 Å². The van der Waals surface area contributed by atoms with Crippen molar-refractivity contribution in [2.24, 2.45) is 5.92 Å². The Labute approximate surface area is 92.1 Å². The van der Waals surface area contributed by atoms with E-state index < -0.39 is 5.97 Å². The number of carboxylic acids is 1. The van der Waals surface area contributed by atoms with Crippen molar-refractivity contribution in [3.63, 3.8) is 0 Å². The van der Waals surface area contributed by atoms with Gasteiger partial charge in [-0.2, -0.15) is 0 Å². The number of alkyl halides is 1. The summed E-state index contributed by atoms with van der Waals surface area (Å²) in [6.07, 6.45) is 0. The average molecular weight is 257 g/mol. The highest BCUT2D eigenvalue weighted by molar-refractivity contribution is 9.09. The van der Waals surface area contributed by atoms with Gasteiger partial charge in [0.05, 0.1) is 5.56 Å². The highest BCUT2D eigenvalue weighted by atomic mass is 79.9. The first kappa shape index (κ1) is 11.2. The second kappa shape index (κ2) is 4.60. The van der Waals surface area contributed by atoms with E-state index in [0.29, 0.717) is 11.5 Å². The molecule has 0 aliphatic heterocycles. The molecule has 0 saturated carbocycles. The molecule has 1 atom stereocenters. The molecule has 1 unspecified atom stereocenters. The molecule has 1 aromatic rings. The highest BCUT2D eigenvalue weighted by Crippen LogP contribution is 2.30. The zero-order valence-electron chi connectivity index (χ0n) is 8.20. The molecule has 0 aliphatic carbocycles. The number of benzene rings is 1. The van der Waals surface area contributed by atoms with Crippen LogP contribution >= 0.6 is 15.9 Å². The van der Waals surface area contributed by atoms with Crippen molar-refractivity contribution in [2.75, 3.05) is 0 Å². The molecule has 3 heteroatoms. The van der Waals surface area contributed by atoms with Crippen LogP contribution in [0.4, 0.5) is 0 Å². The fourth-order valence-electron chi connectivity index (χ4n) is 1.19. The van der Waals surface area contributed by atoms with E-state index in [2.05, 4.69) is 29.8 Å². The van der Waals surface area contributed by atoms with E-state index in [9.17, 15) is 4.79 Å². The standard InChI is InChI=1S/C11H13BrO2/c1-7(2)10(12)8-3-5-9(6-4-8)11(13)14/h3-7,10H,1-2H3,(H,13,14). The molecule has 1 rings (SSSR count). The fraction of sp³-hybridized carbons (Fsp3) is 0.364. The zero-order chi connectivity index (χ0) is 10.7. The number of hydrogen-bond acceptors (Lipinski definition) is 1. The summed E-state index contributed by atoms with van der Waals surface area (Å²) in [5.74, 6) is -0.391. The smallest absolute Gasteiger partial charge is 0.335 e. The van der Waals surface area contributed by atoms with Gasteiger partial charge >= 0.3 is 5.97 Å². The Kier molecular flexibility index (Phi) is 3.69. The van der Waals surface area contributed by atoms with E-state index in [0.717, 1.165) is 5.56 Å². The lowest BCUT2D eigenvalue weighted by Crippen LogP contribution is -2.00. The molecule has 14 heavy (non-hydrogen) atoms. The van der Waals surface area contributed by atoms with Crippen LogP contribution in [-0.4, -0.2) is 11.1 Å². The topological polar surface area (TPSA) is 37.3 Å². The SMILES string of the molecule is CC(C)C(Br)c1ccc(C(=O)O)cc1. The van der Waals surface area contributed by atoms with Crippen molar-refractivity contribution in [3.8, 4) is 0 Å². The maximum Gasteiger partial charge on any atom is 0.335 e. The van der Waals surface area contributed by atoms with Gasteiger partial charge in [0.15, 0.2) is 0 Å². The lowest BCUT2D eigenvalue weighted by Gasteiger charge is -2.13. The van der Waals surface area contributed by atoms with E-state index >= 15 is 0 Å². The van der Waals surface area contributed by atoms with E-state index in [1.54, 1.807) is 12.1 Å². The molecule has 0 spiro atoms. The van der Waals surface area contributed by atoms with Crippen LogP contribution in [0.5, 0.6) is 0 Å². The summed E-state index contributed by atoms with van der Waals surface area (Å²) in [4.78, 5) is 10.9. The molecule has 0 aliphatic rings. The quantitative estimate of drug-likeness (QED) is 0.841. The summed E-state index contributed by atoms with van der Waals surface area (Å²) >= 11 is 3.56. The highest BCUT2D eigenvalue weighted by Gasteiger charge is 2.12. The number of hydrogen-bond donors (Lipinski definition) is 1. The number of carbonyl (C=O) groups is 1. The number of carboxylic acid groups (broad SMARTS) is 1. The number of halogens is 1. The minimum Gasteiger partial charge on any atom is -0.478 e. The van der Waals surface area contributed by atoms with Gasteiger partial charge in [0.2, 0.25) is 0 Å². The van der Waals surface area contributed by atoms with Gasteiger partial charge in [-0.3, -0.25) is 0 Å². The van der Waals surface area contributed by atoms with Crippen molar-refractivity contribution < 1.29 is 9.90 Å². The van der Waals surface area contributed by atoms with Crippen molar-refractivity contribution in [2.45, 2.75) is 18.7 Å². The lowest BCUT2D eigenvalue weighted by molar-refractivity contribution is 0.0697. The zero-order valence-corrected chi connectivity index (χ0v) is 9.78. The van der Waals surface area contributed by atoms with Crippen LogP contribution in [0, 0.1) is 5.92 Å². The van der Waals surface area contributed by atoms with Gasteiger partial charge in [0.1, 0.15) is 0 Å². The van der Waals surface area contributed by atoms with Crippen LogP contribution < -0.4 is 0 Å². The number of aromatic carboxylic acids is 1. The molecule has 0 aromatic heterocycles. The van der Waals surface area contributed by atoms with Gasteiger partial charge in [-0.05, 0) is 23.6 Å². The molecule has 0 radical (unpaired) electrons. The largest absolute Gasteiger partial charge is 0.478 e. The normalized spacial score (nSPS) is 12.9. The van der Waals surface area contributed by atoms with Crippen molar-refractivity contribution in [1.82, 2.24) is 0 Å². The molecular formula is C11H13BrO2. The third kappa shape index (κ3) is 2.58. The summed E-state index contributed by atoms with van der Waals surface area (Å²) < 4.78 is 0. The summed E-state index contributed by atoms with van der Waals surface area (Å²) in [5, 5.41) is 8.71. The van der Waals surface area contributed by atoms with Gasteiger partial charge in [0.25, 0.3) is 0 Å². The van der Waals surface area contributed by atoms with E-state index in [1.165, 1.54) is 0 Å². The van der Waals surface area contributed by atoms with E-state index in [1.807, 2.05) is 12.1 Å². The van der Waals surface area contributed by atoms with Crippen molar-refractivity contribution >= 4 is 21.9 Å². The van der Waals surface area contributed by atoms with Crippen LogP contribution in [-0.2, 0) is 0 Å². The molecule has 0 amide bonds. The van der Waals surface area contributed by atoms with Crippen molar-refractivity contribution in [3.05, 3.63) is 35.4 Å². The van der Waals surface area contributed by atoms with Crippen molar-refractivity contribution in [1.29, 1.82) is 0 Å². The molecule has 76 valence electrons. The van der Waals surface area contributed by atoms with Gasteiger partial charge in [-0.1, -0.05) is 41.9 Å². The molecule has 0 heterocycles. The van der Waals surface area contributed by atoms with Crippen LogP contribution in [0.2, 0.25) is 0 Å². The predicted octanol–water partition coefficient (Wildman–Crippen LogP) is 3.48. The monoisotopic (exact) mass is 256 g/mol. The Bertz CT molecular complexity index is 317. The summed E-state index contributed by atoms with van der Waals surface area (Å²) in [6, 6.07) is 6.97. The molecule has 1 N–H and O–H groups in total. The van der Waals surface area contributed by atoms with E-state index in [4.69, 9.17) is 5.11 Å².